The van der Waals surface area contributed by atoms with E-state index in [2.05, 4.69) is 12.4 Å². The molecule has 0 aromatic carbocycles. The molecule has 0 amide bonds. The van der Waals surface area contributed by atoms with Gasteiger partial charge in [0.25, 0.3) is 0 Å². The Morgan fingerprint density at radius 3 is 2.19 bits per heavy atom. The van der Waals surface area contributed by atoms with Crippen LogP contribution in [0, 0.1) is 5.92 Å². The summed E-state index contributed by atoms with van der Waals surface area (Å²) in [6.45, 7) is 0. The van der Waals surface area contributed by atoms with E-state index in [0.717, 1.165) is 5.92 Å². The summed E-state index contributed by atoms with van der Waals surface area (Å²) in [5.74, 6) is 0.850. The van der Waals surface area contributed by atoms with Crippen LogP contribution in [-0.4, -0.2) is 25.8 Å². The first kappa shape index (κ1) is 12.4. The summed E-state index contributed by atoms with van der Waals surface area (Å²) in [4.78, 5) is 0. The van der Waals surface area contributed by atoms with Crippen molar-refractivity contribution in [1.82, 2.24) is 5.32 Å². The van der Waals surface area contributed by atoms with Crippen molar-refractivity contribution in [3.05, 3.63) is 0 Å². The van der Waals surface area contributed by atoms with Crippen molar-refractivity contribution >= 4 is 0 Å². The second-order valence-electron chi connectivity index (χ2n) is 5.64. The fourth-order valence-corrected chi connectivity index (χ4v) is 4.01. The van der Waals surface area contributed by atoms with E-state index in [1.165, 1.54) is 57.8 Å². The molecule has 0 aliphatic heterocycles. The van der Waals surface area contributed by atoms with Gasteiger partial charge in [0.05, 0.1) is 5.60 Å². The summed E-state index contributed by atoms with van der Waals surface area (Å²) >= 11 is 0. The van der Waals surface area contributed by atoms with Crippen LogP contribution in [0.1, 0.15) is 57.8 Å². The monoisotopic (exact) mass is 225 g/mol. The van der Waals surface area contributed by atoms with Crippen molar-refractivity contribution in [3.63, 3.8) is 0 Å². The molecule has 2 aliphatic carbocycles. The number of rotatable bonds is 4. The highest BCUT2D eigenvalue weighted by Crippen LogP contribution is 2.41. The Kier molecular flexibility index (Phi) is 4.26. The molecule has 94 valence electrons. The van der Waals surface area contributed by atoms with Gasteiger partial charge in [0, 0.05) is 13.2 Å². The van der Waals surface area contributed by atoms with Crippen LogP contribution in [0.2, 0.25) is 0 Å². The fourth-order valence-electron chi connectivity index (χ4n) is 4.01. The molecule has 0 aromatic rings. The standard InChI is InChI=1S/C14H27NO/c1-15-13(12-8-4-5-9-12)14(16-2)10-6-3-7-11-14/h12-13,15H,3-11H2,1-2H3. The zero-order chi connectivity index (χ0) is 11.4. The highest BCUT2D eigenvalue weighted by atomic mass is 16.5. The molecule has 0 saturated heterocycles. The lowest BCUT2D eigenvalue weighted by Crippen LogP contribution is -2.55. The summed E-state index contributed by atoms with van der Waals surface area (Å²) in [6, 6.07) is 0.584. The van der Waals surface area contributed by atoms with Gasteiger partial charge < -0.3 is 10.1 Å². The molecule has 1 unspecified atom stereocenters. The van der Waals surface area contributed by atoms with Gasteiger partial charge in [-0.05, 0) is 38.6 Å². The molecule has 0 aromatic heterocycles. The Morgan fingerprint density at radius 1 is 1.06 bits per heavy atom. The smallest absolute Gasteiger partial charge is 0.0833 e. The van der Waals surface area contributed by atoms with Gasteiger partial charge in [-0.15, -0.1) is 0 Å². The molecule has 2 saturated carbocycles. The number of likely N-dealkylation sites (N-methyl/N-ethyl adjacent to an activating group) is 1. The second-order valence-corrected chi connectivity index (χ2v) is 5.64. The topological polar surface area (TPSA) is 21.3 Å². The third-order valence-electron chi connectivity index (χ3n) is 4.86. The maximum absolute atomic E-state index is 5.98. The molecule has 0 bridgehead atoms. The lowest BCUT2D eigenvalue weighted by atomic mass is 9.74. The van der Waals surface area contributed by atoms with E-state index in [1.54, 1.807) is 0 Å². The minimum atomic E-state index is 0.141. The molecule has 0 radical (unpaired) electrons. The third kappa shape index (κ3) is 2.28. The van der Waals surface area contributed by atoms with Gasteiger partial charge in [0.2, 0.25) is 0 Å². The third-order valence-corrected chi connectivity index (χ3v) is 4.86. The van der Waals surface area contributed by atoms with Crippen molar-refractivity contribution < 1.29 is 4.74 Å². The van der Waals surface area contributed by atoms with Gasteiger partial charge in [-0.25, -0.2) is 0 Å². The first-order chi connectivity index (χ1) is 7.82. The first-order valence-electron chi connectivity index (χ1n) is 7.05. The maximum atomic E-state index is 5.98. The Bertz CT molecular complexity index is 205. The lowest BCUT2D eigenvalue weighted by Gasteiger charge is -2.45. The van der Waals surface area contributed by atoms with Crippen molar-refractivity contribution in [1.29, 1.82) is 0 Å². The Hall–Kier alpha value is -0.0800. The van der Waals surface area contributed by atoms with E-state index in [1.807, 2.05) is 7.11 Å². The molecule has 2 aliphatic rings. The predicted octanol–water partition coefficient (Wildman–Crippen LogP) is 3.11. The highest BCUT2D eigenvalue weighted by molar-refractivity contribution is 4.99. The van der Waals surface area contributed by atoms with Gasteiger partial charge in [0.15, 0.2) is 0 Å². The van der Waals surface area contributed by atoms with E-state index in [9.17, 15) is 0 Å². The van der Waals surface area contributed by atoms with E-state index in [0.29, 0.717) is 6.04 Å². The van der Waals surface area contributed by atoms with Crippen molar-refractivity contribution in [2.45, 2.75) is 69.4 Å². The van der Waals surface area contributed by atoms with Crippen molar-refractivity contribution in [3.8, 4) is 0 Å². The maximum Gasteiger partial charge on any atom is 0.0833 e. The van der Waals surface area contributed by atoms with Crippen LogP contribution in [-0.2, 0) is 4.74 Å². The van der Waals surface area contributed by atoms with Crippen LogP contribution in [0.25, 0.3) is 0 Å². The predicted molar refractivity (Wildman–Crippen MR) is 67.6 cm³/mol. The van der Waals surface area contributed by atoms with E-state index >= 15 is 0 Å². The molecule has 1 atom stereocenters. The number of nitrogens with one attached hydrogen (secondary N) is 1. The first-order valence-corrected chi connectivity index (χ1v) is 7.05. The molecule has 16 heavy (non-hydrogen) atoms. The number of hydrogen-bond donors (Lipinski definition) is 1. The molecular formula is C14H27NO. The van der Waals surface area contributed by atoms with Gasteiger partial charge in [-0.2, -0.15) is 0 Å². The zero-order valence-corrected chi connectivity index (χ0v) is 10.9. The molecule has 2 rings (SSSR count). The minimum Gasteiger partial charge on any atom is -0.377 e. The van der Waals surface area contributed by atoms with Crippen LogP contribution in [0.3, 0.4) is 0 Å². The zero-order valence-electron chi connectivity index (χ0n) is 10.9. The van der Waals surface area contributed by atoms with Crippen molar-refractivity contribution in [2.75, 3.05) is 14.2 Å². The quantitative estimate of drug-likeness (QED) is 0.794. The Labute approximate surface area is 100 Å². The average molecular weight is 225 g/mol. The van der Waals surface area contributed by atoms with Crippen LogP contribution >= 0.6 is 0 Å². The molecule has 2 heteroatoms. The summed E-state index contributed by atoms with van der Waals surface area (Å²) in [5, 5.41) is 3.58. The molecule has 2 nitrogen and oxygen atoms in total. The summed E-state index contributed by atoms with van der Waals surface area (Å²) in [6.07, 6.45) is 12.2. The number of ether oxygens (including phenoxy) is 1. The van der Waals surface area contributed by atoms with Gasteiger partial charge >= 0.3 is 0 Å². The number of methoxy groups -OCH3 is 1. The Balaban J connectivity index is 2.08. The number of hydrogen-bond acceptors (Lipinski definition) is 2. The van der Waals surface area contributed by atoms with Gasteiger partial charge in [0.1, 0.15) is 0 Å². The van der Waals surface area contributed by atoms with Crippen LogP contribution in [0.4, 0.5) is 0 Å². The normalized spacial score (nSPS) is 28.1. The Morgan fingerprint density at radius 2 is 1.69 bits per heavy atom. The summed E-state index contributed by atoms with van der Waals surface area (Å²) in [7, 11) is 4.04. The van der Waals surface area contributed by atoms with Gasteiger partial charge in [-0.1, -0.05) is 32.1 Å². The second kappa shape index (κ2) is 5.50. The van der Waals surface area contributed by atoms with Crippen molar-refractivity contribution in [2.24, 2.45) is 5.92 Å². The minimum absolute atomic E-state index is 0.141. The van der Waals surface area contributed by atoms with E-state index in [-0.39, 0.29) is 5.60 Å². The van der Waals surface area contributed by atoms with Crippen LogP contribution < -0.4 is 5.32 Å². The van der Waals surface area contributed by atoms with Gasteiger partial charge in [-0.3, -0.25) is 0 Å². The summed E-state index contributed by atoms with van der Waals surface area (Å²) < 4.78 is 5.98. The van der Waals surface area contributed by atoms with E-state index in [4.69, 9.17) is 4.74 Å². The lowest BCUT2D eigenvalue weighted by molar-refractivity contribution is -0.0793. The van der Waals surface area contributed by atoms with Crippen LogP contribution in [0.5, 0.6) is 0 Å². The summed E-state index contributed by atoms with van der Waals surface area (Å²) in [5.41, 5.74) is 0.141. The molecule has 2 fully saturated rings. The fraction of sp³-hybridized carbons (Fsp3) is 1.00. The highest BCUT2D eigenvalue weighted by Gasteiger charge is 2.43. The molecular weight excluding hydrogens is 198 g/mol. The SMILES string of the molecule is CNC(C1CCCC1)C1(OC)CCCCC1. The largest absolute Gasteiger partial charge is 0.377 e. The van der Waals surface area contributed by atoms with E-state index < -0.39 is 0 Å². The molecule has 0 spiro atoms. The average Bonchev–Trinajstić information content (AvgIpc) is 2.85. The molecule has 0 heterocycles. The molecule has 1 N–H and O–H groups in total. The van der Waals surface area contributed by atoms with Crippen LogP contribution in [0.15, 0.2) is 0 Å².